The maximum atomic E-state index is 9.58. The average molecular weight is 302 g/mol. The highest BCUT2D eigenvalue weighted by Gasteiger charge is 2.45. The highest BCUT2D eigenvalue weighted by Crippen LogP contribution is 2.46. The van der Waals surface area contributed by atoms with Crippen LogP contribution in [0.2, 0.25) is 0 Å². The number of allylic oxidation sites excluding steroid dienone is 2. The molecular weight excluding hydrogens is 284 g/mol. The van der Waals surface area contributed by atoms with E-state index in [-0.39, 0.29) is 36.6 Å². The lowest BCUT2D eigenvalue weighted by Crippen LogP contribution is -2.25. The van der Waals surface area contributed by atoms with Crippen molar-refractivity contribution in [2.24, 2.45) is 11.8 Å². The molecule has 0 unspecified atom stereocenters. The fraction of sp³-hybridized carbons (Fsp3) is 0.500. The molecule has 0 spiro atoms. The third kappa shape index (κ3) is 1.87. The zero-order chi connectivity index (χ0) is 15.3. The highest BCUT2D eigenvalue weighted by atomic mass is 16.5. The van der Waals surface area contributed by atoms with E-state index >= 15 is 0 Å². The van der Waals surface area contributed by atoms with Crippen molar-refractivity contribution in [1.29, 1.82) is 0 Å². The van der Waals surface area contributed by atoms with Crippen LogP contribution in [0.1, 0.15) is 19.1 Å². The van der Waals surface area contributed by atoms with Gasteiger partial charge in [-0.2, -0.15) is 9.97 Å². The van der Waals surface area contributed by atoms with Crippen molar-refractivity contribution in [3.05, 3.63) is 18.5 Å². The monoisotopic (exact) mass is 302 g/mol. The lowest BCUT2D eigenvalue weighted by molar-refractivity contribution is -0.0349. The van der Waals surface area contributed by atoms with Gasteiger partial charge in [-0.05, 0) is 18.8 Å². The zero-order valence-corrected chi connectivity index (χ0v) is 12.0. The van der Waals surface area contributed by atoms with Crippen molar-refractivity contribution in [2.45, 2.75) is 25.2 Å². The number of fused-ring (bicyclic) bond motifs is 2. The van der Waals surface area contributed by atoms with Crippen LogP contribution in [0.4, 0.5) is 11.8 Å². The molecule has 4 rings (SSSR count). The number of nitrogens with two attached hydrogens (primary N) is 2. The number of ether oxygens (including phenoxy) is 1. The predicted molar refractivity (Wildman–Crippen MR) is 80.5 cm³/mol. The predicted octanol–water partition coefficient (Wildman–Crippen LogP) is 0.463. The Kier molecular flexibility index (Phi) is 3.02. The van der Waals surface area contributed by atoms with E-state index in [1.54, 1.807) is 6.33 Å². The lowest BCUT2D eigenvalue weighted by atomic mass is 9.81. The van der Waals surface area contributed by atoms with Crippen molar-refractivity contribution < 1.29 is 9.84 Å². The molecule has 8 nitrogen and oxygen atoms in total. The summed E-state index contributed by atoms with van der Waals surface area (Å²) < 4.78 is 7.94. The Morgan fingerprint density at radius 2 is 2.00 bits per heavy atom. The summed E-state index contributed by atoms with van der Waals surface area (Å²) in [6.45, 7) is 0.0113. The summed E-state index contributed by atoms with van der Waals surface area (Å²) in [5.41, 5.74) is 12.6. The van der Waals surface area contributed by atoms with E-state index in [1.807, 2.05) is 4.57 Å². The molecule has 2 aliphatic rings. The van der Waals surface area contributed by atoms with Gasteiger partial charge in [0, 0.05) is 5.92 Å². The molecule has 1 fully saturated rings. The van der Waals surface area contributed by atoms with Gasteiger partial charge in [0.2, 0.25) is 5.95 Å². The van der Waals surface area contributed by atoms with E-state index in [1.165, 1.54) is 0 Å². The quantitative estimate of drug-likeness (QED) is 0.688. The van der Waals surface area contributed by atoms with Gasteiger partial charge in [-0.3, -0.25) is 4.57 Å². The van der Waals surface area contributed by atoms with E-state index < -0.39 is 0 Å². The second-order valence-electron chi connectivity index (χ2n) is 5.81. The molecule has 8 heteroatoms. The molecule has 5 N–H and O–H groups in total. The van der Waals surface area contributed by atoms with Crippen LogP contribution < -0.4 is 11.5 Å². The van der Waals surface area contributed by atoms with Gasteiger partial charge in [0.1, 0.15) is 11.7 Å². The molecule has 0 radical (unpaired) electrons. The van der Waals surface area contributed by atoms with Crippen molar-refractivity contribution in [3.8, 4) is 0 Å². The maximum absolute atomic E-state index is 9.58. The first-order valence-corrected chi connectivity index (χ1v) is 7.36. The number of aliphatic hydroxyl groups is 1. The Hall–Kier alpha value is -2.19. The Morgan fingerprint density at radius 3 is 2.77 bits per heavy atom. The van der Waals surface area contributed by atoms with Gasteiger partial charge in [-0.1, -0.05) is 12.2 Å². The van der Waals surface area contributed by atoms with Crippen LogP contribution in [0.3, 0.4) is 0 Å². The summed E-state index contributed by atoms with van der Waals surface area (Å²) in [7, 11) is 0. The standard InChI is InChI=1S/C14H18N6O2/c15-11-10-12(19-14(16)18-11)20(6-17-10)13-8-4-2-1-3-7(8)9(5-21)22-13/h1-2,6-9,13,21H,3-5H2,(H4,15,16,18,19)/t7-,8+,9+,13-/m0/s1. The number of imidazole rings is 1. The van der Waals surface area contributed by atoms with Gasteiger partial charge in [0.15, 0.2) is 11.5 Å². The first-order chi connectivity index (χ1) is 10.7. The van der Waals surface area contributed by atoms with Crippen LogP contribution in [0.25, 0.3) is 11.2 Å². The molecule has 116 valence electrons. The summed E-state index contributed by atoms with van der Waals surface area (Å²) in [6.07, 6.45) is 7.39. The summed E-state index contributed by atoms with van der Waals surface area (Å²) in [4.78, 5) is 12.5. The van der Waals surface area contributed by atoms with Crippen molar-refractivity contribution in [3.63, 3.8) is 0 Å². The number of aliphatic hydroxyl groups excluding tert-OH is 1. The average Bonchev–Trinajstić information content (AvgIpc) is 3.08. The SMILES string of the molecule is Nc1nc(N)c2ncn([C@H]3O[C@H](CO)[C@H]4CC=CC[C@H]43)c2n1. The number of nitrogen functional groups attached to an aromatic ring is 2. The summed E-state index contributed by atoms with van der Waals surface area (Å²) in [5, 5.41) is 9.58. The van der Waals surface area contributed by atoms with Gasteiger partial charge < -0.3 is 21.3 Å². The molecular formula is C14H18N6O2. The van der Waals surface area contributed by atoms with Gasteiger partial charge in [-0.25, -0.2) is 4.98 Å². The fourth-order valence-corrected chi connectivity index (χ4v) is 3.58. The molecule has 3 heterocycles. The Labute approximate surface area is 126 Å². The van der Waals surface area contributed by atoms with E-state index in [0.29, 0.717) is 17.1 Å². The number of anilines is 2. The minimum absolute atomic E-state index is 0.0113. The van der Waals surface area contributed by atoms with E-state index in [4.69, 9.17) is 16.2 Å². The Bertz CT molecular complexity index is 742. The Balaban J connectivity index is 1.80. The molecule has 22 heavy (non-hydrogen) atoms. The third-order valence-corrected chi connectivity index (χ3v) is 4.61. The van der Waals surface area contributed by atoms with Crippen LogP contribution in [0, 0.1) is 11.8 Å². The van der Waals surface area contributed by atoms with Crippen LogP contribution in [0.15, 0.2) is 18.5 Å². The van der Waals surface area contributed by atoms with Gasteiger partial charge in [0.25, 0.3) is 0 Å². The number of rotatable bonds is 2. The zero-order valence-electron chi connectivity index (χ0n) is 12.0. The minimum atomic E-state index is -0.231. The van der Waals surface area contributed by atoms with Gasteiger partial charge in [0.05, 0.1) is 19.0 Å². The van der Waals surface area contributed by atoms with E-state index in [9.17, 15) is 5.11 Å². The molecule has 0 amide bonds. The summed E-state index contributed by atoms with van der Waals surface area (Å²) >= 11 is 0. The Morgan fingerprint density at radius 1 is 1.23 bits per heavy atom. The number of nitrogens with zero attached hydrogens (tertiary/aromatic N) is 4. The van der Waals surface area contributed by atoms with Crippen LogP contribution in [-0.4, -0.2) is 37.3 Å². The fourth-order valence-electron chi connectivity index (χ4n) is 3.58. The van der Waals surface area contributed by atoms with E-state index in [2.05, 4.69) is 27.1 Å². The largest absolute Gasteiger partial charge is 0.394 e. The smallest absolute Gasteiger partial charge is 0.224 e. The number of hydrogen-bond acceptors (Lipinski definition) is 7. The highest BCUT2D eigenvalue weighted by molar-refractivity contribution is 5.82. The second-order valence-corrected chi connectivity index (χ2v) is 5.81. The molecule has 0 saturated carbocycles. The molecule has 0 aromatic carbocycles. The first-order valence-electron chi connectivity index (χ1n) is 7.36. The molecule has 1 saturated heterocycles. The normalized spacial score (nSPS) is 30.8. The second kappa shape index (κ2) is 4.92. The molecule has 4 atom stereocenters. The van der Waals surface area contributed by atoms with Crippen LogP contribution in [0.5, 0.6) is 0 Å². The molecule has 1 aliphatic carbocycles. The molecule has 0 bridgehead atoms. The lowest BCUT2D eigenvalue weighted by Gasteiger charge is -2.25. The maximum Gasteiger partial charge on any atom is 0.224 e. The van der Waals surface area contributed by atoms with Crippen molar-refractivity contribution in [1.82, 2.24) is 19.5 Å². The number of hydrogen-bond donors (Lipinski definition) is 3. The van der Waals surface area contributed by atoms with Gasteiger partial charge >= 0.3 is 0 Å². The van der Waals surface area contributed by atoms with Crippen molar-refractivity contribution >= 4 is 22.9 Å². The topological polar surface area (TPSA) is 125 Å². The third-order valence-electron chi connectivity index (χ3n) is 4.61. The van der Waals surface area contributed by atoms with E-state index in [0.717, 1.165) is 12.8 Å². The first kappa shape index (κ1) is 13.5. The van der Waals surface area contributed by atoms with Gasteiger partial charge in [-0.15, -0.1) is 0 Å². The van der Waals surface area contributed by atoms with Crippen molar-refractivity contribution in [2.75, 3.05) is 18.1 Å². The summed E-state index contributed by atoms with van der Waals surface area (Å²) in [5.74, 6) is 0.951. The molecule has 2 aromatic rings. The minimum Gasteiger partial charge on any atom is -0.394 e. The molecule has 2 aromatic heterocycles. The summed E-state index contributed by atoms with van der Waals surface area (Å²) in [6, 6.07) is 0. The van der Waals surface area contributed by atoms with Crippen LogP contribution in [-0.2, 0) is 4.74 Å². The molecule has 1 aliphatic heterocycles. The van der Waals surface area contributed by atoms with Crippen LogP contribution >= 0.6 is 0 Å². The number of aromatic nitrogens is 4.